The maximum atomic E-state index is 11.8. The summed E-state index contributed by atoms with van der Waals surface area (Å²) in [6, 6.07) is 0.429. The van der Waals surface area contributed by atoms with E-state index in [4.69, 9.17) is 4.74 Å². The van der Waals surface area contributed by atoms with Crippen LogP contribution in [0.15, 0.2) is 11.4 Å². The van der Waals surface area contributed by atoms with Crippen LogP contribution in [0.5, 0.6) is 5.75 Å². The average molecular weight is 293 g/mol. The van der Waals surface area contributed by atoms with Gasteiger partial charge in [0.2, 0.25) is 0 Å². The average Bonchev–Trinajstić information content (AvgIpc) is 3.19. The number of carbonyl (C=O) groups is 1. The van der Waals surface area contributed by atoms with Crippen LogP contribution in [0.3, 0.4) is 0 Å². The number of carbonyl (C=O) groups excluding carboxylic acids is 1. The monoisotopic (exact) mass is 293 g/mol. The summed E-state index contributed by atoms with van der Waals surface area (Å²) in [5.41, 5.74) is 0. The van der Waals surface area contributed by atoms with Crippen molar-refractivity contribution >= 4 is 23.5 Å². The molecule has 1 heterocycles. The molecule has 5 nitrogen and oxygen atoms in total. The summed E-state index contributed by atoms with van der Waals surface area (Å²) in [6.07, 6.45) is 10.2. The largest absolute Gasteiger partial charge is 0.421 e. The Morgan fingerprint density at radius 2 is 2.10 bits per heavy atom. The Labute approximate surface area is 122 Å². The molecule has 0 radical (unpaired) electrons. The van der Waals surface area contributed by atoms with Gasteiger partial charge in [-0.2, -0.15) is 0 Å². The van der Waals surface area contributed by atoms with Crippen LogP contribution in [0.2, 0.25) is 0 Å². The standard InChI is InChI=1S/C14H19N3O2S/c1-20-14-15-8-11(19-13(18)9-6-7-9)12(17-14)16-10-4-2-3-5-10/h8-10H,2-7H2,1H3,(H,15,16,17). The van der Waals surface area contributed by atoms with Gasteiger partial charge in [0.25, 0.3) is 0 Å². The molecule has 20 heavy (non-hydrogen) atoms. The summed E-state index contributed by atoms with van der Waals surface area (Å²) in [7, 11) is 0. The minimum atomic E-state index is -0.153. The van der Waals surface area contributed by atoms with Crippen molar-refractivity contribution in [1.82, 2.24) is 9.97 Å². The van der Waals surface area contributed by atoms with Gasteiger partial charge in [-0.15, -0.1) is 0 Å². The summed E-state index contributed by atoms with van der Waals surface area (Å²) in [4.78, 5) is 20.5. The van der Waals surface area contributed by atoms with Crippen molar-refractivity contribution in [3.63, 3.8) is 0 Å². The zero-order valence-corrected chi connectivity index (χ0v) is 12.4. The summed E-state index contributed by atoms with van der Waals surface area (Å²) >= 11 is 1.48. The lowest BCUT2D eigenvalue weighted by molar-refractivity contribution is -0.135. The maximum absolute atomic E-state index is 11.8. The molecule has 2 fully saturated rings. The van der Waals surface area contributed by atoms with Crippen molar-refractivity contribution in [3.8, 4) is 5.75 Å². The van der Waals surface area contributed by atoms with Crippen LogP contribution in [0.1, 0.15) is 38.5 Å². The molecule has 2 aliphatic rings. The molecule has 2 saturated carbocycles. The van der Waals surface area contributed by atoms with Gasteiger partial charge in [-0.3, -0.25) is 4.79 Å². The highest BCUT2D eigenvalue weighted by molar-refractivity contribution is 7.98. The zero-order chi connectivity index (χ0) is 13.9. The Morgan fingerprint density at radius 3 is 2.75 bits per heavy atom. The highest BCUT2D eigenvalue weighted by Crippen LogP contribution is 2.33. The fourth-order valence-electron chi connectivity index (χ4n) is 2.41. The number of thioether (sulfide) groups is 1. The fourth-order valence-corrected chi connectivity index (χ4v) is 2.75. The summed E-state index contributed by atoms with van der Waals surface area (Å²) in [6.45, 7) is 0. The number of ether oxygens (including phenoxy) is 1. The molecule has 1 aromatic rings. The van der Waals surface area contributed by atoms with Crippen LogP contribution in [0.25, 0.3) is 0 Å². The number of anilines is 1. The van der Waals surface area contributed by atoms with Crippen molar-refractivity contribution in [2.45, 2.75) is 49.7 Å². The quantitative estimate of drug-likeness (QED) is 0.511. The smallest absolute Gasteiger partial charge is 0.314 e. The molecule has 0 unspecified atom stereocenters. The first-order chi connectivity index (χ1) is 9.76. The van der Waals surface area contributed by atoms with Crippen LogP contribution in [0.4, 0.5) is 5.82 Å². The molecule has 0 spiro atoms. The second kappa shape index (κ2) is 5.99. The Balaban J connectivity index is 1.76. The van der Waals surface area contributed by atoms with Crippen LogP contribution in [0, 0.1) is 5.92 Å². The van der Waals surface area contributed by atoms with Gasteiger partial charge in [0.05, 0.1) is 12.1 Å². The Morgan fingerprint density at radius 1 is 1.35 bits per heavy atom. The molecular weight excluding hydrogens is 274 g/mol. The topological polar surface area (TPSA) is 64.1 Å². The number of rotatable bonds is 5. The maximum Gasteiger partial charge on any atom is 0.314 e. The molecule has 1 aromatic heterocycles. The number of hydrogen-bond donors (Lipinski definition) is 1. The van der Waals surface area contributed by atoms with E-state index in [1.54, 1.807) is 6.20 Å². The molecule has 108 valence electrons. The van der Waals surface area contributed by atoms with Gasteiger partial charge in [0.15, 0.2) is 16.7 Å². The van der Waals surface area contributed by atoms with E-state index in [0.29, 0.717) is 22.8 Å². The summed E-state index contributed by atoms with van der Waals surface area (Å²) in [5, 5.41) is 4.10. The first-order valence-electron chi connectivity index (χ1n) is 7.15. The van der Waals surface area contributed by atoms with Crippen molar-refractivity contribution in [1.29, 1.82) is 0 Å². The van der Waals surface area contributed by atoms with E-state index in [-0.39, 0.29) is 11.9 Å². The van der Waals surface area contributed by atoms with E-state index in [9.17, 15) is 4.79 Å². The van der Waals surface area contributed by atoms with E-state index >= 15 is 0 Å². The second-order valence-corrected chi connectivity index (χ2v) is 6.16. The first kappa shape index (κ1) is 13.7. The van der Waals surface area contributed by atoms with Gasteiger partial charge in [-0.05, 0) is 31.9 Å². The first-order valence-corrected chi connectivity index (χ1v) is 8.38. The van der Waals surface area contributed by atoms with E-state index in [1.165, 1.54) is 24.6 Å². The van der Waals surface area contributed by atoms with Crippen molar-refractivity contribution < 1.29 is 9.53 Å². The third-order valence-corrected chi connectivity index (χ3v) is 4.29. The zero-order valence-electron chi connectivity index (χ0n) is 11.6. The van der Waals surface area contributed by atoms with Crippen molar-refractivity contribution in [2.24, 2.45) is 5.92 Å². The number of esters is 1. The van der Waals surface area contributed by atoms with Gasteiger partial charge >= 0.3 is 5.97 Å². The fraction of sp³-hybridized carbons (Fsp3) is 0.643. The van der Waals surface area contributed by atoms with Gasteiger partial charge in [0, 0.05) is 6.04 Å². The third-order valence-electron chi connectivity index (χ3n) is 3.73. The minimum absolute atomic E-state index is 0.0783. The lowest BCUT2D eigenvalue weighted by atomic mass is 10.2. The molecule has 0 amide bonds. The number of aromatic nitrogens is 2. The molecule has 0 saturated heterocycles. The minimum Gasteiger partial charge on any atom is -0.421 e. The molecule has 0 atom stereocenters. The predicted molar refractivity (Wildman–Crippen MR) is 78.1 cm³/mol. The van der Waals surface area contributed by atoms with Crippen LogP contribution >= 0.6 is 11.8 Å². The number of hydrogen-bond acceptors (Lipinski definition) is 6. The van der Waals surface area contributed by atoms with Crippen LogP contribution in [-0.4, -0.2) is 28.2 Å². The molecule has 0 aromatic carbocycles. The Hall–Kier alpha value is -1.30. The normalized spacial score (nSPS) is 19.1. The van der Waals surface area contributed by atoms with Gasteiger partial charge in [0.1, 0.15) is 0 Å². The third kappa shape index (κ3) is 3.23. The van der Waals surface area contributed by atoms with Gasteiger partial charge < -0.3 is 10.1 Å². The van der Waals surface area contributed by atoms with E-state index in [0.717, 1.165) is 25.7 Å². The van der Waals surface area contributed by atoms with Crippen molar-refractivity contribution in [2.75, 3.05) is 11.6 Å². The lowest BCUT2D eigenvalue weighted by Crippen LogP contribution is -2.18. The highest BCUT2D eigenvalue weighted by Gasteiger charge is 2.32. The molecule has 3 rings (SSSR count). The van der Waals surface area contributed by atoms with E-state index in [1.807, 2.05) is 6.26 Å². The van der Waals surface area contributed by atoms with E-state index < -0.39 is 0 Å². The number of nitrogens with zero attached hydrogens (tertiary/aromatic N) is 2. The Kier molecular flexibility index (Phi) is 4.10. The molecule has 6 heteroatoms. The highest BCUT2D eigenvalue weighted by atomic mass is 32.2. The molecule has 0 bridgehead atoms. The van der Waals surface area contributed by atoms with Crippen molar-refractivity contribution in [3.05, 3.63) is 6.20 Å². The summed E-state index contributed by atoms with van der Waals surface area (Å²) in [5.74, 6) is 1.05. The van der Waals surface area contributed by atoms with Gasteiger partial charge in [-0.25, -0.2) is 9.97 Å². The SMILES string of the molecule is CSc1ncc(OC(=O)C2CC2)c(NC2CCCC2)n1. The summed E-state index contributed by atoms with van der Waals surface area (Å²) < 4.78 is 5.44. The van der Waals surface area contributed by atoms with Crippen LogP contribution in [-0.2, 0) is 4.79 Å². The molecule has 0 aliphatic heterocycles. The lowest BCUT2D eigenvalue weighted by Gasteiger charge is -2.16. The second-order valence-electron chi connectivity index (χ2n) is 5.39. The van der Waals surface area contributed by atoms with Gasteiger partial charge in [-0.1, -0.05) is 24.6 Å². The van der Waals surface area contributed by atoms with Crippen LogP contribution < -0.4 is 10.1 Å². The number of nitrogens with one attached hydrogen (secondary N) is 1. The van der Waals surface area contributed by atoms with E-state index in [2.05, 4.69) is 15.3 Å². The predicted octanol–water partition coefficient (Wildman–Crippen LogP) is 2.87. The molecule has 1 N–H and O–H groups in total. The molecular formula is C14H19N3O2S. The molecule has 2 aliphatic carbocycles. The Bertz CT molecular complexity index is 499.